The van der Waals surface area contributed by atoms with Gasteiger partial charge in [0.1, 0.15) is 0 Å². The van der Waals surface area contributed by atoms with Crippen LogP contribution in [0.25, 0.3) is 17.1 Å². The van der Waals surface area contributed by atoms with Gasteiger partial charge >= 0.3 is 0 Å². The van der Waals surface area contributed by atoms with E-state index in [1.807, 2.05) is 24.3 Å². The highest BCUT2D eigenvalue weighted by Crippen LogP contribution is 2.23. The van der Waals surface area contributed by atoms with Crippen molar-refractivity contribution in [1.82, 2.24) is 14.9 Å². The quantitative estimate of drug-likeness (QED) is 0.851. The van der Waals surface area contributed by atoms with Gasteiger partial charge in [0.25, 0.3) is 0 Å². The van der Waals surface area contributed by atoms with Crippen molar-refractivity contribution in [3.8, 4) is 0 Å². The van der Waals surface area contributed by atoms with Crippen LogP contribution in [-0.4, -0.2) is 39.3 Å². The first-order chi connectivity index (χ1) is 11.6. The predicted molar refractivity (Wildman–Crippen MR) is 91.7 cm³/mol. The zero-order chi connectivity index (χ0) is 16.9. The number of amides is 2. The summed E-state index contributed by atoms with van der Waals surface area (Å²) in [6.07, 6.45) is 8.69. The van der Waals surface area contributed by atoms with Gasteiger partial charge in [-0.25, -0.2) is 4.98 Å². The number of nitrogens with zero attached hydrogens (tertiary/aromatic N) is 3. The number of primary amides is 1. The molecule has 0 aliphatic heterocycles. The minimum atomic E-state index is -0.492. The van der Waals surface area contributed by atoms with E-state index in [1.165, 1.54) is 6.08 Å². The fourth-order valence-electron chi connectivity index (χ4n) is 3.08. The van der Waals surface area contributed by atoms with E-state index in [2.05, 4.69) is 9.97 Å². The summed E-state index contributed by atoms with van der Waals surface area (Å²) >= 11 is 0. The molecule has 1 aromatic heterocycles. The number of hydrogen-bond acceptors (Lipinski definition) is 4. The summed E-state index contributed by atoms with van der Waals surface area (Å²) in [5.41, 5.74) is 7.48. The molecule has 2 N–H and O–H groups in total. The van der Waals surface area contributed by atoms with E-state index in [1.54, 1.807) is 17.2 Å². The maximum absolute atomic E-state index is 12.5. The van der Waals surface area contributed by atoms with Crippen LogP contribution < -0.4 is 5.73 Å². The van der Waals surface area contributed by atoms with E-state index in [0.717, 1.165) is 36.7 Å². The lowest BCUT2D eigenvalue weighted by Gasteiger charge is -2.26. The Kier molecular flexibility index (Phi) is 4.84. The second-order valence-electron chi connectivity index (χ2n) is 5.99. The molecule has 0 spiro atoms. The van der Waals surface area contributed by atoms with Gasteiger partial charge in [-0.15, -0.1) is 0 Å². The molecule has 1 aliphatic rings. The number of para-hydroxylation sites is 2. The van der Waals surface area contributed by atoms with Gasteiger partial charge in [0, 0.05) is 12.1 Å². The molecule has 6 heteroatoms. The number of carbonyl (C=O) groups is 2. The Balaban J connectivity index is 1.76. The molecule has 0 bridgehead atoms. The van der Waals surface area contributed by atoms with Crippen molar-refractivity contribution < 1.29 is 9.59 Å². The Bertz CT molecular complexity index is 781. The maximum atomic E-state index is 12.5. The van der Waals surface area contributed by atoms with Crippen molar-refractivity contribution >= 4 is 28.9 Å². The Morgan fingerprint density at radius 1 is 1.21 bits per heavy atom. The molecule has 1 saturated carbocycles. The third-order valence-electron chi connectivity index (χ3n) is 4.24. The molecule has 2 aromatic rings. The molecule has 2 amide bonds. The summed E-state index contributed by atoms with van der Waals surface area (Å²) in [5, 5.41) is 0. The van der Waals surface area contributed by atoms with Gasteiger partial charge < -0.3 is 10.6 Å². The Hall–Kier alpha value is -2.76. The van der Waals surface area contributed by atoms with E-state index in [-0.39, 0.29) is 18.5 Å². The van der Waals surface area contributed by atoms with E-state index in [9.17, 15) is 9.59 Å². The monoisotopic (exact) mass is 324 g/mol. The zero-order valence-electron chi connectivity index (χ0n) is 13.4. The molecule has 0 saturated heterocycles. The van der Waals surface area contributed by atoms with Crippen molar-refractivity contribution in [2.24, 2.45) is 5.73 Å². The van der Waals surface area contributed by atoms with Crippen molar-refractivity contribution in [3.63, 3.8) is 0 Å². The third kappa shape index (κ3) is 3.76. The zero-order valence-corrected chi connectivity index (χ0v) is 13.4. The topological polar surface area (TPSA) is 89.2 Å². The number of carbonyl (C=O) groups excluding carboxylic acids is 2. The van der Waals surface area contributed by atoms with E-state index < -0.39 is 5.91 Å². The first-order valence-corrected chi connectivity index (χ1v) is 8.12. The van der Waals surface area contributed by atoms with Crippen LogP contribution in [-0.2, 0) is 9.59 Å². The van der Waals surface area contributed by atoms with Crippen LogP contribution in [0.1, 0.15) is 31.4 Å². The van der Waals surface area contributed by atoms with Crippen LogP contribution >= 0.6 is 0 Å². The van der Waals surface area contributed by atoms with Gasteiger partial charge in [-0.05, 0) is 31.1 Å². The van der Waals surface area contributed by atoms with Crippen LogP contribution in [0.4, 0.5) is 0 Å². The molecule has 3 rings (SSSR count). The van der Waals surface area contributed by atoms with Crippen LogP contribution in [0.5, 0.6) is 0 Å². The summed E-state index contributed by atoms with van der Waals surface area (Å²) < 4.78 is 0. The fourth-order valence-corrected chi connectivity index (χ4v) is 3.08. The molecule has 0 radical (unpaired) electrons. The normalized spacial score (nSPS) is 15.2. The molecule has 124 valence electrons. The van der Waals surface area contributed by atoms with Crippen LogP contribution in [0.3, 0.4) is 0 Å². The minimum Gasteiger partial charge on any atom is -0.368 e. The Labute approximate surface area is 140 Å². The van der Waals surface area contributed by atoms with Crippen molar-refractivity contribution in [2.75, 3.05) is 6.54 Å². The number of nitrogens with two attached hydrogens (primary N) is 1. The highest BCUT2D eigenvalue weighted by Gasteiger charge is 2.26. The molecule has 24 heavy (non-hydrogen) atoms. The van der Waals surface area contributed by atoms with Crippen LogP contribution in [0.2, 0.25) is 0 Å². The van der Waals surface area contributed by atoms with Gasteiger partial charge in [-0.2, -0.15) is 0 Å². The molecule has 1 fully saturated rings. The van der Waals surface area contributed by atoms with E-state index in [0.29, 0.717) is 5.69 Å². The van der Waals surface area contributed by atoms with Gasteiger partial charge in [0.2, 0.25) is 11.8 Å². The van der Waals surface area contributed by atoms with Crippen molar-refractivity contribution in [2.45, 2.75) is 31.7 Å². The predicted octanol–water partition coefficient (Wildman–Crippen LogP) is 1.90. The van der Waals surface area contributed by atoms with E-state index >= 15 is 0 Å². The first-order valence-electron chi connectivity index (χ1n) is 8.12. The number of benzene rings is 1. The SMILES string of the molecule is NC(=O)CN(C(=O)/C=C/c1cnc2ccccc2n1)C1CCCC1. The highest BCUT2D eigenvalue weighted by atomic mass is 16.2. The first kappa shape index (κ1) is 16.1. The third-order valence-corrected chi connectivity index (χ3v) is 4.24. The summed E-state index contributed by atoms with van der Waals surface area (Å²) in [5.74, 6) is -0.704. The molecule has 1 aliphatic carbocycles. The average Bonchev–Trinajstić information content (AvgIpc) is 3.11. The highest BCUT2D eigenvalue weighted by molar-refractivity contribution is 5.94. The second kappa shape index (κ2) is 7.21. The Morgan fingerprint density at radius 2 is 1.92 bits per heavy atom. The molecule has 1 aromatic carbocycles. The van der Waals surface area contributed by atoms with Gasteiger partial charge in [-0.3, -0.25) is 14.6 Å². The van der Waals surface area contributed by atoms with Crippen molar-refractivity contribution in [1.29, 1.82) is 0 Å². The summed E-state index contributed by atoms with van der Waals surface area (Å²) in [7, 11) is 0. The molecule has 0 atom stereocenters. The lowest BCUT2D eigenvalue weighted by molar-refractivity contribution is -0.133. The van der Waals surface area contributed by atoms with E-state index in [4.69, 9.17) is 5.73 Å². The number of fused-ring (bicyclic) bond motifs is 1. The molecule has 1 heterocycles. The minimum absolute atomic E-state index is 0.0444. The summed E-state index contributed by atoms with van der Waals surface area (Å²) in [6, 6.07) is 7.65. The van der Waals surface area contributed by atoms with Gasteiger partial charge in [-0.1, -0.05) is 25.0 Å². The standard InChI is InChI=1S/C18H20N4O2/c19-17(23)12-22(14-5-1-2-6-14)18(24)10-9-13-11-20-15-7-3-4-8-16(15)21-13/h3-4,7-11,14H,1-2,5-6,12H2,(H2,19,23)/b10-9+. The maximum Gasteiger partial charge on any atom is 0.247 e. The lowest BCUT2D eigenvalue weighted by atomic mass is 10.2. The number of hydrogen-bond donors (Lipinski definition) is 1. The fraction of sp³-hybridized carbons (Fsp3) is 0.333. The van der Waals surface area contributed by atoms with Crippen molar-refractivity contribution in [3.05, 3.63) is 42.2 Å². The van der Waals surface area contributed by atoms with Gasteiger partial charge in [0.15, 0.2) is 0 Å². The Morgan fingerprint density at radius 3 is 2.62 bits per heavy atom. The van der Waals surface area contributed by atoms with Crippen LogP contribution in [0.15, 0.2) is 36.5 Å². The lowest BCUT2D eigenvalue weighted by Crippen LogP contribution is -2.43. The van der Waals surface area contributed by atoms with Gasteiger partial charge in [0.05, 0.1) is 29.5 Å². The molecular formula is C18H20N4O2. The number of aromatic nitrogens is 2. The molecule has 6 nitrogen and oxygen atoms in total. The average molecular weight is 324 g/mol. The number of rotatable bonds is 5. The second-order valence-corrected chi connectivity index (χ2v) is 5.99. The summed E-state index contributed by atoms with van der Waals surface area (Å²) in [4.78, 5) is 34.1. The molecule has 0 unspecified atom stereocenters. The summed E-state index contributed by atoms with van der Waals surface area (Å²) in [6.45, 7) is -0.0444. The largest absolute Gasteiger partial charge is 0.368 e. The smallest absolute Gasteiger partial charge is 0.247 e. The molecular weight excluding hydrogens is 304 g/mol. The van der Waals surface area contributed by atoms with Crippen LogP contribution in [0, 0.1) is 0 Å².